The summed E-state index contributed by atoms with van der Waals surface area (Å²) in [7, 11) is 0. The molecule has 1 aliphatic heterocycles. The Morgan fingerprint density at radius 2 is 2.58 bits per heavy atom. The van der Waals surface area contributed by atoms with Gasteiger partial charge in [0.1, 0.15) is 5.50 Å². The molecule has 0 aliphatic carbocycles. The smallest absolute Gasteiger partial charge is 0.124 e. The fourth-order valence-electron chi connectivity index (χ4n) is 1.05. The van der Waals surface area contributed by atoms with Gasteiger partial charge >= 0.3 is 0 Å². The summed E-state index contributed by atoms with van der Waals surface area (Å²) in [5, 5.41) is 1.15. The van der Waals surface area contributed by atoms with Gasteiger partial charge in [0.15, 0.2) is 0 Å². The third-order valence-corrected chi connectivity index (χ3v) is 3.41. The van der Waals surface area contributed by atoms with Gasteiger partial charge in [-0.3, -0.25) is 0 Å². The summed E-state index contributed by atoms with van der Waals surface area (Å²) in [6.07, 6.45) is 5.88. The van der Waals surface area contributed by atoms with E-state index in [1.807, 2.05) is 23.4 Å². The number of alkyl halides is 2. The van der Waals surface area contributed by atoms with Crippen molar-refractivity contribution < 1.29 is 0 Å². The van der Waals surface area contributed by atoms with E-state index in [4.69, 9.17) is 11.6 Å². The molecule has 1 aliphatic rings. The molecule has 2 rings (SSSR count). The molecule has 0 bridgehead atoms. The Bertz CT molecular complexity index is 388. The van der Waals surface area contributed by atoms with E-state index in [2.05, 4.69) is 20.3 Å². The first-order valence-corrected chi connectivity index (χ1v) is 5.74. The highest BCUT2D eigenvalue weighted by atomic mass is 79.9. The zero-order valence-electron chi connectivity index (χ0n) is 6.08. The summed E-state index contributed by atoms with van der Waals surface area (Å²) in [5.41, 5.74) is 0.685. The molecule has 1 unspecified atom stereocenters. The molecular weight excluding hydrogens is 260 g/mol. The van der Waals surface area contributed by atoms with Crippen molar-refractivity contribution >= 4 is 51.3 Å². The predicted molar refractivity (Wildman–Crippen MR) is 55.6 cm³/mol. The number of halogens is 2. The minimum absolute atomic E-state index is 0.0580. The van der Waals surface area contributed by atoms with Crippen LogP contribution in [0.3, 0.4) is 0 Å². The second kappa shape index (κ2) is 3.36. The van der Waals surface area contributed by atoms with Crippen LogP contribution in [-0.2, 0) is 0 Å². The largest absolute Gasteiger partial charge is 0.347 e. The van der Waals surface area contributed by atoms with Crippen molar-refractivity contribution in [1.29, 1.82) is 0 Å². The van der Waals surface area contributed by atoms with E-state index in [0.29, 0.717) is 0 Å². The lowest BCUT2D eigenvalue weighted by atomic mass is 10.3. The zero-order valence-corrected chi connectivity index (χ0v) is 9.23. The highest BCUT2D eigenvalue weighted by Gasteiger charge is 2.12. The Morgan fingerprint density at radius 1 is 1.75 bits per heavy atom. The molecule has 0 saturated carbocycles. The van der Waals surface area contributed by atoms with Crippen molar-refractivity contribution in [2.75, 3.05) is 5.45 Å². The SMILES string of the molecule is ClC1C=c2sncc2=CN1CBr. The molecule has 5 heteroatoms. The molecule has 1 atom stereocenters. The molecular formula is C7H6BrClN2S. The average molecular weight is 266 g/mol. The molecule has 1 aromatic rings. The first-order chi connectivity index (χ1) is 5.81. The van der Waals surface area contributed by atoms with Crippen LogP contribution >= 0.6 is 39.1 Å². The van der Waals surface area contributed by atoms with Gasteiger partial charge in [-0.1, -0.05) is 27.5 Å². The molecule has 0 fully saturated rings. The number of aromatic nitrogens is 1. The summed E-state index contributed by atoms with van der Waals surface area (Å²) < 4.78 is 5.24. The van der Waals surface area contributed by atoms with Gasteiger partial charge in [-0.05, 0) is 17.6 Å². The standard InChI is InChI=1S/C7H6BrClN2S/c8-4-11-3-5-2-10-12-6(5)1-7(11)9/h1-3,7H,4H2. The molecule has 64 valence electrons. The van der Waals surface area contributed by atoms with Crippen molar-refractivity contribution in [2.45, 2.75) is 5.50 Å². The fourth-order valence-corrected chi connectivity index (χ4v) is 2.68. The summed E-state index contributed by atoms with van der Waals surface area (Å²) in [5.74, 6) is 0. The molecule has 2 heterocycles. The number of nitrogens with zero attached hydrogens (tertiary/aromatic N) is 2. The van der Waals surface area contributed by atoms with Crippen LogP contribution in [0.5, 0.6) is 0 Å². The van der Waals surface area contributed by atoms with Crippen LogP contribution in [0.2, 0.25) is 0 Å². The van der Waals surface area contributed by atoms with Crippen LogP contribution in [0.15, 0.2) is 6.20 Å². The van der Waals surface area contributed by atoms with E-state index in [-0.39, 0.29) is 5.50 Å². The first-order valence-electron chi connectivity index (χ1n) is 3.41. The summed E-state index contributed by atoms with van der Waals surface area (Å²) in [6.45, 7) is 0. The molecule has 0 amide bonds. The lowest BCUT2D eigenvalue weighted by Gasteiger charge is -2.22. The molecule has 1 aromatic heterocycles. The topological polar surface area (TPSA) is 16.1 Å². The maximum atomic E-state index is 6.06. The molecule has 12 heavy (non-hydrogen) atoms. The van der Waals surface area contributed by atoms with E-state index in [1.165, 1.54) is 11.5 Å². The maximum Gasteiger partial charge on any atom is 0.124 e. The van der Waals surface area contributed by atoms with Crippen LogP contribution < -0.4 is 9.75 Å². The van der Waals surface area contributed by atoms with Gasteiger partial charge in [-0.25, -0.2) is 0 Å². The monoisotopic (exact) mass is 264 g/mol. The fraction of sp³-hybridized carbons (Fsp3) is 0.286. The van der Waals surface area contributed by atoms with E-state index in [1.54, 1.807) is 0 Å². The van der Waals surface area contributed by atoms with Gasteiger partial charge in [-0.15, -0.1) is 0 Å². The van der Waals surface area contributed by atoms with Crippen LogP contribution in [0, 0.1) is 0 Å². The normalized spacial score (nSPS) is 21.2. The molecule has 0 radical (unpaired) electrons. The zero-order chi connectivity index (χ0) is 8.55. The molecule has 0 spiro atoms. The Kier molecular flexibility index (Phi) is 2.39. The van der Waals surface area contributed by atoms with Gasteiger partial charge in [0.25, 0.3) is 0 Å². The first kappa shape index (κ1) is 8.53. The number of fused-ring (bicyclic) bond motifs is 1. The van der Waals surface area contributed by atoms with Gasteiger partial charge in [0.2, 0.25) is 0 Å². The Hall–Kier alpha value is -0.0600. The quantitative estimate of drug-likeness (QED) is 0.554. The summed E-state index contributed by atoms with van der Waals surface area (Å²) in [6, 6.07) is 0. The minimum atomic E-state index is -0.0580. The molecule has 2 nitrogen and oxygen atoms in total. The van der Waals surface area contributed by atoms with Crippen LogP contribution in [0.1, 0.15) is 0 Å². The Balaban J connectivity index is 2.55. The van der Waals surface area contributed by atoms with Gasteiger partial charge in [-0.2, -0.15) is 4.37 Å². The maximum absolute atomic E-state index is 6.06. The van der Waals surface area contributed by atoms with Gasteiger partial charge in [0.05, 0.1) is 9.99 Å². The van der Waals surface area contributed by atoms with Crippen molar-refractivity contribution in [3.63, 3.8) is 0 Å². The highest BCUT2D eigenvalue weighted by Crippen LogP contribution is 2.10. The second-order valence-electron chi connectivity index (χ2n) is 2.45. The van der Waals surface area contributed by atoms with Crippen molar-refractivity contribution in [2.24, 2.45) is 0 Å². The minimum Gasteiger partial charge on any atom is -0.347 e. The van der Waals surface area contributed by atoms with E-state index < -0.39 is 0 Å². The van der Waals surface area contributed by atoms with Gasteiger partial charge in [0, 0.05) is 17.6 Å². The number of rotatable bonds is 1. The summed E-state index contributed by atoms with van der Waals surface area (Å²) >= 11 is 10.9. The van der Waals surface area contributed by atoms with Crippen LogP contribution in [0.25, 0.3) is 12.3 Å². The van der Waals surface area contributed by atoms with E-state index >= 15 is 0 Å². The van der Waals surface area contributed by atoms with Crippen LogP contribution in [0.4, 0.5) is 0 Å². The van der Waals surface area contributed by atoms with Crippen LogP contribution in [-0.4, -0.2) is 20.2 Å². The van der Waals surface area contributed by atoms with Crippen molar-refractivity contribution in [1.82, 2.24) is 9.27 Å². The third-order valence-electron chi connectivity index (χ3n) is 1.68. The Morgan fingerprint density at radius 3 is 3.33 bits per heavy atom. The van der Waals surface area contributed by atoms with E-state index in [0.717, 1.165) is 15.2 Å². The lowest BCUT2D eigenvalue weighted by Crippen LogP contribution is -2.35. The molecule has 0 saturated heterocycles. The van der Waals surface area contributed by atoms with Crippen molar-refractivity contribution in [3.8, 4) is 0 Å². The molecule has 0 aromatic carbocycles. The van der Waals surface area contributed by atoms with Gasteiger partial charge < -0.3 is 4.90 Å². The number of hydrogen-bond acceptors (Lipinski definition) is 3. The van der Waals surface area contributed by atoms with Crippen molar-refractivity contribution in [3.05, 3.63) is 15.9 Å². The summed E-state index contributed by atoms with van der Waals surface area (Å²) in [4.78, 5) is 2.00. The Labute approximate surface area is 87.4 Å². The lowest BCUT2D eigenvalue weighted by molar-refractivity contribution is 0.511. The second-order valence-corrected chi connectivity index (χ2v) is 4.23. The highest BCUT2D eigenvalue weighted by molar-refractivity contribution is 9.09. The van der Waals surface area contributed by atoms with E-state index in [9.17, 15) is 0 Å². The third kappa shape index (κ3) is 1.39. The molecule has 0 N–H and O–H groups in total. The number of hydrogen-bond donors (Lipinski definition) is 0. The average Bonchev–Trinajstić information content (AvgIpc) is 2.49. The predicted octanol–water partition coefficient (Wildman–Crippen LogP) is 0.894.